The Labute approximate surface area is 167 Å². The molecule has 0 spiro atoms. The van der Waals surface area contributed by atoms with Crippen molar-refractivity contribution in [3.8, 4) is 5.75 Å². The maximum atomic E-state index is 14.6. The van der Waals surface area contributed by atoms with Gasteiger partial charge in [0, 0.05) is 34.3 Å². The molecule has 4 aromatic rings. The lowest BCUT2D eigenvalue weighted by molar-refractivity contribution is 0.413. The minimum absolute atomic E-state index is 0.432. The van der Waals surface area contributed by atoms with Gasteiger partial charge in [0.2, 0.25) is 5.95 Å². The molecule has 0 saturated heterocycles. The minimum atomic E-state index is -0.432. The predicted octanol–water partition coefficient (Wildman–Crippen LogP) is 5.14. The zero-order valence-electron chi connectivity index (χ0n) is 15.4. The van der Waals surface area contributed by atoms with E-state index >= 15 is 0 Å². The molecule has 0 saturated carbocycles. The number of nitrogens with zero attached hydrogens (tertiary/aromatic N) is 2. The lowest BCUT2D eigenvalue weighted by atomic mass is 10.0. The molecule has 0 aliphatic heterocycles. The molecule has 0 aliphatic rings. The summed E-state index contributed by atoms with van der Waals surface area (Å²) in [4.78, 5) is 11.6. The van der Waals surface area contributed by atoms with E-state index in [0.717, 1.165) is 34.3 Å². The average molecular weight is 396 g/mol. The van der Waals surface area contributed by atoms with Crippen LogP contribution in [0.4, 0.5) is 4.39 Å². The number of hydrogen-bond acceptors (Lipinski definition) is 3. The molecule has 0 amide bonds. The Kier molecular flexibility index (Phi) is 5.26. The largest absolute Gasteiger partial charge is 0.495 e. The van der Waals surface area contributed by atoms with E-state index in [1.54, 1.807) is 13.3 Å². The van der Waals surface area contributed by atoms with E-state index in [1.807, 2.05) is 48.7 Å². The Morgan fingerprint density at radius 2 is 1.89 bits per heavy atom. The van der Waals surface area contributed by atoms with E-state index in [-0.39, 0.29) is 0 Å². The molecule has 28 heavy (non-hydrogen) atoms. The van der Waals surface area contributed by atoms with Crippen molar-refractivity contribution in [2.24, 2.45) is 0 Å². The third-order valence-electron chi connectivity index (χ3n) is 4.78. The smallest absolute Gasteiger partial charge is 0.216 e. The van der Waals surface area contributed by atoms with Gasteiger partial charge in [-0.25, -0.2) is 9.97 Å². The standard InChI is InChI=1S/C22H19ClFN3O/c1-28-19-11-20-16(12-25-22(20)26-13-19)10-15-5-9-18(27-21(15)24)8-4-14-2-6-17(23)7-3-14/h2-3,5-7,9,11-13H,4,8,10H2,1H3,(H,25,26). The number of aryl methyl sites for hydroxylation is 2. The number of fused-ring (bicyclic) bond motifs is 1. The molecular weight excluding hydrogens is 377 g/mol. The highest BCUT2D eigenvalue weighted by atomic mass is 35.5. The maximum absolute atomic E-state index is 14.6. The van der Waals surface area contributed by atoms with Crippen LogP contribution in [0.15, 0.2) is 54.9 Å². The van der Waals surface area contributed by atoms with Gasteiger partial charge >= 0.3 is 0 Å². The second-order valence-corrected chi connectivity index (χ2v) is 7.08. The van der Waals surface area contributed by atoms with Crippen LogP contribution in [0.2, 0.25) is 5.02 Å². The monoisotopic (exact) mass is 395 g/mol. The maximum Gasteiger partial charge on any atom is 0.216 e. The summed E-state index contributed by atoms with van der Waals surface area (Å²) in [6, 6.07) is 13.3. The first-order chi connectivity index (χ1) is 13.6. The fourth-order valence-electron chi connectivity index (χ4n) is 3.20. The molecule has 3 aromatic heterocycles. The number of ether oxygens (including phenoxy) is 1. The summed E-state index contributed by atoms with van der Waals surface area (Å²) >= 11 is 5.90. The lowest BCUT2D eigenvalue weighted by Crippen LogP contribution is -2.01. The highest BCUT2D eigenvalue weighted by molar-refractivity contribution is 6.30. The quantitative estimate of drug-likeness (QED) is 0.460. The summed E-state index contributed by atoms with van der Waals surface area (Å²) < 4.78 is 19.8. The van der Waals surface area contributed by atoms with E-state index in [9.17, 15) is 4.39 Å². The van der Waals surface area contributed by atoms with E-state index in [1.165, 1.54) is 0 Å². The summed E-state index contributed by atoms with van der Waals surface area (Å²) in [5.74, 6) is 0.239. The summed E-state index contributed by atoms with van der Waals surface area (Å²) in [5.41, 5.74) is 4.15. The first kappa shape index (κ1) is 18.4. The summed E-state index contributed by atoms with van der Waals surface area (Å²) in [6.45, 7) is 0. The SMILES string of the molecule is COc1cnc2[nH]cc(Cc3ccc(CCc4ccc(Cl)cc4)nc3F)c2c1. The highest BCUT2D eigenvalue weighted by Crippen LogP contribution is 2.24. The number of hydrogen-bond donors (Lipinski definition) is 1. The van der Waals surface area contributed by atoms with Crippen molar-refractivity contribution in [1.29, 1.82) is 0 Å². The minimum Gasteiger partial charge on any atom is -0.495 e. The number of methoxy groups -OCH3 is 1. The first-order valence-corrected chi connectivity index (χ1v) is 9.39. The number of H-pyrrole nitrogens is 1. The number of benzene rings is 1. The predicted molar refractivity (Wildman–Crippen MR) is 109 cm³/mol. The number of pyridine rings is 2. The lowest BCUT2D eigenvalue weighted by Gasteiger charge is -2.06. The molecule has 0 radical (unpaired) electrons. The third kappa shape index (κ3) is 3.99. The first-order valence-electron chi connectivity index (χ1n) is 9.01. The van der Waals surface area contributed by atoms with Gasteiger partial charge < -0.3 is 9.72 Å². The molecular formula is C22H19ClFN3O. The van der Waals surface area contributed by atoms with Crippen molar-refractivity contribution >= 4 is 22.6 Å². The van der Waals surface area contributed by atoms with Gasteiger partial charge in [-0.1, -0.05) is 29.8 Å². The third-order valence-corrected chi connectivity index (χ3v) is 5.03. The zero-order chi connectivity index (χ0) is 19.5. The molecule has 0 aliphatic carbocycles. The van der Waals surface area contributed by atoms with Gasteiger partial charge in [0.05, 0.1) is 13.3 Å². The molecule has 1 N–H and O–H groups in total. The van der Waals surface area contributed by atoms with Crippen molar-refractivity contribution < 1.29 is 9.13 Å². The average Bonchev–Trinajstić information content (AvgIpc) is 3.11. The van der Waals surface area contributed by atoms with Crippen LogP contribution < -0.4 is 4.74 Å². The topological polar surface area (TPSA) is 50.8 Å². The zero-order valence-corrected chi connectivity index (χ0v) is 16.1. The van der Waals surface area contributed by atoms with Crippen molar-refractivity contribution in [1.82, 2.24) is 15.0 Å². The van der Waals surface area contributed by atoms with Gasteiger partial charge in [0.15, 0.2) is 0 Å². The molecule has 142 valence electrons. The van der Waals surface area contributed by atoms with E-state index < -0.39 is 5.95 Å². The molecule has 6 heteroatoms. The molecule has 0 atom stereocenters. The van der Waals surface area contributed by atoms with Gasteiger partial charge in [0.25, 0.3) is 0 Å². The van der Waals surface area contributed by atoms with E-state index in [4.69, 9.17) is 16.3 Å². The van der Waals surface area contributed by atoms with Gasteiger partial charge in [-0.05, 0) is 48.2 Å². The van der Waals surface area contributed by atoms with Crippen molar-refractivity contribution in [3.63, 3.8) is 0 Å². The Balaban J connectivity index is 1.49. The Morgan fingerprint density at radius 3 is 2.64 bits per heavy atom. The fourth-order valence-corrected chi connectivity index (χ4v) is 3.32. The molecule has 0 unspecified atom stereocenters. The molecule has 4 rings (SSSR count). The summed E-state index contributed by atoms with van der Waals surface area (Å²) in [6.07, 6.45) is 5.40. The van der Waals surface area contributed by atoms with Crippen molar-refractivity contribution in [2.45, 2.75) is 19.3 Å². The van der Waals surface area contributed by atoms with Crippen LogP contribution in [0.1, 0.15) is 22.4 Å². The van der Waals surface area contributed by atoms with E-state index in [0.29, 0.717) is 29.2 Å². The number of rotatable bonds is 6. The highest BCUT2D eigenvalue weighted by Gasteiger charge is 2.11. The second kappa shape index (κ2) is 7.98. The van der Waals surface area contributed by atoms with Gasteiger partial charge in [0.1, 0.15) is 11.4 Å². The molecule has 4 nitrogen and oxygen atoms in total. The van der Waals surface area contributed by atoms with Gasteiger partial charge in [-0.3, -0.25) is 0 Å². The van der Waals surface area contributed by atoms with Crippen LogP contribution in [-0.2, 0) is 19.3 Å². The number of halogens is 2. The van der Waals surface area contributed by atoms with Crippen molar-refractivity contribution in [2.75, 3.05) is 7.11 Å². The Morgan fingerprint density at radius 1 is 1.07 bits per heavy atom. The normalized spacial score (nSPS) is 11.1. The van der Waals surface area contributed by atoms with Crippen LogP contribution in [-0.4, -0.2) is 22.1 Å². The van der Waals surface area contributed by atoms with Crippen LogP contribution in [0.3, 0.4) is 0 Å². The second-order valence-electron chi connectivity index (χ2n) is 6.64. The van der Waals surface area contributed by atoms with Crippen LogP contribution in [0, 0.1) is 5.95 Å². The Bertz CT molecular complexity index is 1110. The van der Waals surface area contributed by atoms with Gasteiger partial charge in [-0.2, -0.15) is 4.39 Å². The molecule has 1 aromatic carbocycles. The fraction of sp³-hybridized carbons (Fsp3) is 0.182. The van der Waals surface area contributed by atoms with Crippen molar-refractivity contribution in [3.05, 3.63) is 88.2 Å². The van der Waals surface area contributed by atoms with Crippen LogP contribution in [0.25, 0.3) is 11.0 Å². The summed E-state index contributed by atoms with van der Waals surface area (Å²) in [5, 5.41) is 1.63. The molecule has 0 bridgehead atoms. The number of nitrogens with one attached hydrogen (secondary N) is 1. The van der Waals surface area contributed by atoms with Crippen LogP contribution in [0.5, 0.6) is 5.75 Å². The molecule has 0 fully saturated rings. The summed E-state index contributed by atoms with van der Waals surface area (Å²) in [7, 11) is 1.60. The van der Waals surface area contributed by atoms with Gasteiger partial charge in [-0.15, -0.1) is 0 Å². The number of aromatic nitrogens is 3. The van der Waals surface area contributed by atoms with E-state index in [2.05, 4.69) is 15.0 Å². The molecule has 3 heterocycles. The number of aromatic amines is 1. The Hall–Kier alpha value is -2.92. The van der Waals surface area contributed by atoms with Crippen LogP contribution >= 0.6 is 11.6 Å².